The van der Waals surface area contributed by atoms with E-state index in [1.54, 1.807) is 0 Å². The fourth-order valence-corrected chi connectivity index (χ4v) is 6.61. The first-order chi connectivity index (χ1) is 15.5. The molecule has 0 unspecified atom stereocenters. The average molecular weight is 459 g/mol. The number of allylic oxidation sites excluding steroid dienone is 2. The molecule has 1 saturated carbocycles. The molecule has 2 heterocycles. The van der Waals surface area contributed by atoms with E-state index in [4.69, 9.17) is 4.74 Å². The van der Waals surface area contributed by atoms with Gasteiger partial charge in [-0.25, -0.2) is 4.79 Å². The van der Waals surface area contributed by atoms with E-state index in [9.17, 15) is 9.59 Å². The van der Waals surface area contributed by atoms with Gasteiger partial charge in [-0.2, -0.15) is 0 Å². The summed E-state index contributed by atoms with van der Waals surface area (Å²) in [4.78, 5) is 32.9. The lowest BCUT2D eigenvalue weighted by molar-refractivity contribution is -0.124. The maximum absolute atomic E-state index is 14.0. The topological polar surface area (TPSA) is 49.9 Å². The van der Waals surface area contributed by atoms with Crippen LogP contribution in [0.2, 0.25) is 0 Å². The summed E-state index contributed by atoms with van der Waals surface area (Å²) in [6.07, 6.45) is 12.9. The van der Waals surface area contributed by atoms with E-state index >= 15 is 0 Å². The maximum atomic E-state index is 14.0. The van der Waals surface area contributed by atoms with Crippen LogP contribution in [0.4, 0.5) is 5.69 Å². The molecule has 0 spiro atoms. The molecule has 0 aromatic carbocycles. The number of carbonyl (C=O) groups is 2. The van der Waals surface area contributed by atoms with Gasteiger partial charge < -0.3 is 14.5 Å². The van der Waals surface area contributed by atoms with Gasteiger partial charge in [-0.15, -0.1) is 11.3 Å². The number of piperidine rings is 1. The van der Waals surface area contributed by atoms with E-state index in [2.05, 4.69) is 31.0 Å². The first-order valence-electron chi connectivity index (χ1n) is 12.4. The Bertz CT molecular complexity index is 845. The van der Waals surface area contributed by atoms with Crippen molar-refractivity contribution in [3.8, 4) is 0 Å². The lowest BCUT2D eigenvalue weighted by Crippen LogP contribution is -2.49. The normalized spacial score (nSPS) is 25.3. The number of carbonyl (C=O) groups excluding carboxylic acids is 2. The average Bonchev–Trinajstić information content (AvgIpc) is 3.26. The predicted octanol–water partition coefficient (Wildman–Crippen LogP) is 5.75. The van der Waals surface area contributed by atoms with Crippen molar-refractivity contribution >= 4 is 34.5 Å². The molecule has 0 atom stereocenters. The summed E-state index contributed by atoms with van der Waals surface area (Å²) in [5, 5.41) is 0. The SMILES string of the molecule is COC(=O)c1sc(C2=CCCCC2)cc1N(C(=O)C1CCC(C)CC1)C1CCN(C)CC1. The highest BCUT2D eigenvalue weighted by Gasteiger charge is 2.37. The van der Waals surface area contributed by atoms with Crippen LogP contribution in [0.5, 0.6) is 0 Å². The summed E-state index contributed by atoms with van der Waals surface area (Å²) in [7, 11) is 3.58. The van der Waals surface area contributed by atoms with Crippen molar-refractivity contribution < 1.29 is 14.3 Å². The van der Waals surface area contributed by atoms with Gasteiger partial charge in [0.1, 0.15) is 4.88 Å². The van der Waals surface area contributed by atoms with E-state index in [0.29, 0.717) is 10.8 Å². The van der Waals surface area contributed by atoms with Crippen molar-refractivity contribution in [1.29, 1.82) is 0 Å². The van der Waals surface area contributed by atoms with E-state index < -0.39 is 0 Å². The summed E-state index contributed by atoms with van der Waals surface area (Å²) in [5.74, 6) is 0.662. The van der Waals surface area contributed by atoms with Crippen LogP contribution in [0.3, 0.4) is 0 Å². The van der Waals surface area contributed by atoms with Gasteiger partial charge in [0.15, 0.2) is 0 Å². The molecule has 2 fully saturated rings. The van der Waals surface area contributed by atoms with Crippen LogP contribution < -0.4 is 4.90 Å². The van der Waals surface area contributed by atoms with Gasteiger partial charge in [0.25, 0.3) is 0 Å². The first-order valence-corrected chi connectivity index (χ1v) is 13.2. The van der Waals surface area contributed by atoms with Crippen LogP contribution in [0.15, 0.2) is 12.1 Å². The van der Waals surface area contributed by atoms with Gasteiger partial charge in [0.05, 0.1) is 12.8 Å². The Labute approximate surface area is 196 Å². The molecule has 6 heteroatoms. The summed E-state index contributed by atoms with van der Waals surface area (Å²) >= 11 is 1.51. The van der Waals surface area contributed by atoms with Crippen molar-refractivity contribution in [3.63, 3.8) is 0 Å². The van der Waals surface area contributed by atoms with Gasteiger partial charge in [-0.05, 0) is 102 Å². The summed E-state index contributed by atoms with van der Waals surface area (Å²) in [6.45, 7) is 4.24. The van der Waals surface area contributed by atoms with Crippen molar-refractivity contribution in [2.45, 2.75) is 77.2 Å². The Morgan fingerprint density at radius 1 is 1.09 bits per heavy atom. The number of esters is 1. The van der Waals surface area contributed by atoms with Crippen LogP contribution in [0.25, 0.3) is 5.57 Å². The zero-order valence-electron chi connectivity index (χ0n) is 19.9. The molecule has 1 aromatic rings. The third kappa shape index (κ3) is 5.12. The van der Waals surface area contributed by atoms with Crippen LogP contribution in [-0.4, -0.2) is 50.1 Å². The van der Waals surface area contributed by atoms with Gasteiger partial charge in [0, 0.05) is 16.8 Å². The van der Waals surface area contributed by atoms with Crippen molar-refractivity contribution in [2.24, 2.45) is 11.8 Å². The van der Waals surface area contributed by atoms with E-state index in [1.807, 2.05) is 4.90 Å². The molecule has 3 aliphatic rings. The Morgan fingerprint density at radius 3 is 2.44 bits per heavy atom. The van der Waals surface area contributed by atoms with Gasteiger partial charge >= 0.3 is 5.97 Å². The molecule has 176 valence electrons. The molecule has 1 saturated heterocycles. The van der Waals surface area contributed by atoms with Crippen LogP contribution in [0.1, 0.15) is 85.7 Å². The lowest BCUT2D eigenvalue weighted by atomic mass is 9.82. The van der Waals surface area contributed by atoms with E-state index in [1.165, 1.54) is 36.9 Å². The number of likely N-dealkylation sites (tertiary alicyclic amines) is 1. The molecule has 1 aromatic heterocycles. The number of thiophene rings is 1. The first kappa shape index (κ1) is 23.5. The Kier molecular flexibility index (Phi) is 7.72. The number of nitrogens with zero attached hydrogens (tertiary/aromatic N) is 2. The number of ether oxygens (including phenoxy) is 1. The predicted molar refractivity (Wildman–Crippen MR) is 131 cm³/mol. The standard InChI is InChI=1S/C26H38N2O3S/c1-18-9-11-20(12-10-18)25(29)28(21-13-15-27(2)16-14-21)22-17-23(19-7-5-4-6-8-19)32-24(22)26(30)31-3/h7,17-18,20-21H,4-6,8-16H2,1-3H3. The number of anilines is 1. The minimum atomic E-state index is -0.323. The van der Waals surface area contributed by atoms with Crippen molar-refractivity contribution in [3.05, 3.63) is 21.9 Å². The van der Waals surface area contributed by atoms with Gasteiger partial charge in [-0.1, -0.05) is 13.0 Å². The molecule has 1 amide bonds. The zero-order chi connectivity index (χ0) is 22.7. The second kappa shape index (κ2) is 10.5. The number of amides is 1. The Hall–Kier alpha value is -1.66. The third-order valence-corrected chi connectivity index (χ3v) is 8.79. The molecule has 0 bridgehead atoms. The third-order valence-electron chi connectivity index (χ3n) is 7.61. The van der Waals surface area contributed by atoms with Gasteiger partial charge in [0.2, 0.25) is 5.91 Å². The van der Waals surface area contributed by atoms with E-state index in [0.717, 1.165) is 75.0 Å². The minimum absolute atomic E-state index is 0.0635. The number of hydrogen-bond acceptors (Lipinski definition) is 5. The number of methoxy groups -OCH3 is 1. The molecule has 32 heavy (non-hydrogen) atoms. The summed E-state index contributed by atoms with van der Waals surface area (Å²) in [5.41, 5.74) is 2.11. The quantitative estimate of drug-likeness (QED) is 0.528. The van der Waals surface area contributed by atoms with Crippen LogP contribution in [0, 0.1) is 11.8 Å². The number of rotatable bonds is 5. The highest BCUT2D eigenvalue weighted by atomic mass is 32.1. The molecule has 4 rings (SSSR count). The molecule has 1 aliphatic heterocycles. The van der Waals surface area contributed by atoms with Crippen molar-refractivity contribution in [1.82, 2.24) is 4.90 Å². The van der Waals surface area contributed by atoms with Crippen molar-refractivity contribution in [2.75, 3.05) is 32.1 Å². The monoisotopic (exact) mass is 458 g/mol. The molecular weight excluding hydrogens is 420 g/mol. The largest absolute Gasteiger partial charge is 0.465 e. The fraction of sp³-hybridized carbons (Fsp3) is 0.692. The van der Waals surface area contributed by atoms with Crippen LogP contribution >= 0.6 is 11.3 Å². The highest BCUT2D eigenvalue weighted by molar-refractivity contribution is 7.15. The fourth-order valence-electron chi connectivity index (χ4n) is 5.47. The lowest BCUT2D eigenvalue weighted by Gasteiger charge is -2.40. The molecule has 5 nitrogen and oxygen atoms in total. The second-order valence-corrected chi connectivity index (χ2v) is 11.0. The molecule has 0 radical (unpaired) electrons. The Morgan fingerprint density at radius 2 is 1.81 bits per heavy atom. The molecule has 2 aliphatic carbocycles. The highest BCUT2D eigenvalue weighted by Crippen LogP contribution is 2.41. The molecular formula is C26H38N2O3S. The maximum Gasteiger partial charge on any atom is 0.350 e. The van der Waals surface area contributed by atoms with E-state index in [-0.39, 0.29) is 23.8 Å². The van der Waals surface area contributed by atoms with Gasteiger partial charge in [-0.3, -0.25) is 4.79 Å². The zero-order valence-corrected chi connectivity index (χ0v) is 20.7. The Balaban J connectivity index is 1.72. The minimum Gasteiger partial charge on any atom is -0.465 e. The summed E-state index contributed by atoms with van der Waals surface area (Å²) < 4.78 is 5.18. The molecule has 0 N–H and O–H groups in total. The van der Waals surface area contributed by atoms with Crippen LogP contribution in [-0.2, 0) is 9.53 Å². The number of hydrogen-bond donors (Lipinski definition) is 0. The second-order valence-electron chi connectivity index (χ2n) is 9.99. The smallest absolute Gasteiger partial charge is 0.350 e. The summed E-state index contributed by atoms with van der Waals surface area (Å²) in [6, 6.07) is 2.26.